The third-order valence-corrected chi connectivity index (χ3v) is 4.57. The van der Waals surface area contributed by atoms with E-state index in [1.165, 1.54) is 42.7 Å². The Morgan fingerprint density at radius 3 is 2.67 bits per heavy atom. The summed E-state index contributed by atoms with van der Waals surface area (Å²) in [6.45, 7) is -0.765. The van der Waals surface area contributed by atoms with Crippen LogP contribution in [0.25, 0.3) is 0 Å². The van der Waals surface area contributed by atoms with Crippen LogP contribution in [0.4, 0.5) is 24.7 Å². The molecule has 1 aliphatic heterocycles. The SMILES string of the molecule is O=C(c1nccnc1NCc1ccc(F)cc1)N1CC(F)(F)Oc2cc(Cl)ccc21. The van der Waals surface area contributed by atoms with Crippen molar-refractivity contribution >= 4 is 29.0 Å². The molecule has 0 bridgehead atoms. The van der Waals surface area contributed by atoms with E-state index in [0.29, 0.717) is 0 Å². The smallest absolute Gasteiger partial charge is 0.416 e. The third-order valence-electron chi connectivity index (χ3n) is 4.33. The van der Waals surface area contributed by atoms with Gasteiger partial charge in [-0.1, -0.05) is 23.7 Å². The molecular formula is C20H14ClF3N4O2. The van der Waals surface area contributed by atoms with Crippen LogP contribution in [0.15, 0.2) is 54.9 Å². The molecule has 10 heteroatoms. The van der Waals surface area contributed by atoms with Crippen molar-refractivity contribution in [3.05, 3.63) is 77.0 Å². The van der Waals surface area contributed by atoms with Crippen molar-refractivity contribution in [1.82, 2.24) is 9.97 Å². The summed E-state index contributed by atoms with van der Waals surface area (Å²) < 4.78 is 45.9. The van der Waals surface area contributed by atoms with Crippen LogP contribution < -0.4 is 15.0 Å². The van der Waals surface area contributed by atoms with Crippen molar-refractivity contribution in [1.29, 1.82) is 0 Å². The van der Waals surface area contributed by atoms with Gasteiger partial charge >= 0.3 is 6.11 Å². The van der Waals surface area contributed by atoms with E-state index in [-0.39, 0.29) is 40.3 Å². The number of nitrogens with one attached hydrogen (secondary N) is 1. The third kappa shape index (κ3) is 4.16. The van der Waals surface area contributed by atoms with Gasteiger partial charge in [0.05, 0.1) is 5.69 Å². The molecule has 0 unspecified atom stereocenters. The number of ether oxygens (including phenoxy) is 1. The van der Waals surface area contributed by atoms with E-state index < -0.39 is 18.6 Å². The number of alkyl halides is 2. The minimum atomic E-state index is -3.60. The molecule has 2 heterocycles. The lowest BCUT2D eigenvalue weighted by Gasteiger charge is -2.34. The first-order valence-electron chi connectivity index (χ1n) is 8.80. The van der Waals surface area contributed by atoms with Crippen molar-refractivity contribution in [2.24, 2.45) is 0 Å². The number of aromatic nitrogens is 2. The lowest BCUT2D eigenvalue weighted by atomic mass is 10.2. The van der Waals surface area contributed by atoms with Crippen molar-refractivity contribution in [3.63, 3.8) is 0 Å². The minimum Gasteiger partial charge on any atom is -0.429 e. The van der Waals surface area contributed by atoms with Crippen LogP contribution in [0.2, 0.25) is 5.02 Å². The lowest BCUT2D eigenvalue weighted by molar-refractivity contribution is -0.170. The first kappa shape index (κ1) is 20.0. The summed E-state index contributed by atoms with van der Waals surface area (Å²) in [4.78, 5) is 22.1. The van der Waals surface area contributed by atoms with Gasteiger partial charge in [0.25, 0.3) is 5.91 Å². The minimum absolute atomic E-state index is 0.108. The average molecular weight is 435 g/mol. The Balaban J connectivity index is 1.63. The Morgan fingerprint density at radius 2 is 1.90 bits per heavy atom. The van der Waals surface area contributed by atoms with Gasteiger partial charge in [0.15, 0.2) is 17.3 Å². The van der Waals surface area contributed by atoms with Gasteiger partial charge < -0.3 is 10.1 Å². The second-order valence-electron chi connectivity index (χ2n) is 6.48. The van der Waals surface area contributed by atoms with Crippen LogP contribution in [0, 0.1) is 5.82 Å². The number of carbonyl (C=O) groups is 1. The zero-order valence-corrected chi connectivity index (χ0v) is 16.0. The number of hydrogen-bond acceptors (Lipinski definition) is 5. The van der Waals surface area contributed by atoms with Gasteiger partial charge in [-0.25, -0.2) is 14.4 Å². The molecule has 0 fully saturated rings. The molecule has 1 amide bonds. The topological polar surface area (TPSA) is 67.4 Å². The maximum absolute atomic E-state index is 14.1. The van der Waals surface area contributed by atoms with Gasteiger partial charge in [-0.3, -0.25) is 9.69 Å². The number of amides is 1. The highest BCUT2D eigenvalue weighted by atomic mass is 35.5. The number of fused-ring (bicyclic) bond motifs is 1. The predicted molar refractivity (Wildman–Crippen MR) is 104 cm³/mol. The lowest BCUT2D eigenvalue weighted by Crippen LogP contribution is -2.48. The number of halogens is 4. The summed E-state index contributed by atoms with van der Waals surface area (Å²) in [6.07, 6.45) is -0.944. The van der Waals surface area contributed by atoms with E-state index in [1.54, 1.807) is 12.1 Å². The molecule has 154 valence electrons. The number of rotatable bonds is 4. The Bertz CT molecular complexity index is 1100. The van der Waals surface area contributed by atoms with Crippen LogP contribution in [-0.2, 0) is 6.54 Å². The Morgan fingerprint density at radius 1 is 1.17 bits per heavy atom. The van der Waals surface area contributed by atoms with Gasteiger partial charge in [0.2, 0.25) is 0 Å². The highest BCUT2D eigenvalue weighted by molar-refractivity contribution is 6.30. The fourth-order valence-corrected chi connectivity index (χ4v) is 3.14. The summed E-state index contributed by atoms with van der Waals surface area (Å²) in [5.41, 5.74) is 0.738. The second-order valence-corrected chi connectivity index (χ2v) is 6.91. The zero-order valence-electron chi connectivity index (χ0n) is 15.3. The van der Waals surface area contributed by atoms with Crippen LogP contribution in [0.3, 0.4) is 0 Å². The normalized spacial score (nSPS) is 14.6. The van der Waals surface area contributed by atoms with Crippen molar-refractivity contribution < 1.29 is 22.7 Å². The van der Waals surface area contributed by atoms with Crippen LogP contribution in [0.5, 0.6) is 5.75 Å². The molecule has 2 aromatic carbocycles. The Kier molecular flexibility index (Phi) is 5.21. The van der Waals surface area contributed by atoms with Gasteiger partial charge in [-0.15, -0.1) is 0 Å². The molecular weight excluding hydrogens is 421 g/mol. The standard InChI is InChI=1S/C20H14ClF3N4O2/c21-13-3-6-15-16(9-13)30-20(23,24)11-28(15)19(29)17-18(26-8-7-25-17)27-10-12-1-4-14(22)5-2-12/h1-9H,10-11H2,(H,26,27). The molecule has 0 spiro atoms. The van der Waals surface area contributed by atoms with Crippen LogP contribution in [-0.4, -0.2) is 28.5 Å². The summed E-state index contributed by atoms with van der Waals surface area (Å²) in [5.74, 6) is -1.26. The fourth-order valence-electron chi connectivity index (χ4n) is 2.98. The molecule has 6 nitrogen and oxygen atoms in total. The summed E-state index contributed by atoms with van der Waals surface area (Å²) >= 11 is 5.86. The molecule has 3 aromatic rings. The quantitative estimate of drug-likeness (QED) is 0.654. The highest BCUT2D eigenvalue weighted by Gasteiger charge is 2.43. The van der Waals surface area contributed by atoms with E-state index in [9.17, 15) is 18.0 Å². The summed E-state index contributed by atoms with van der Waals surface area (Å²) in [5, 5.41) is 3.13. The van der Waals surface area contributed by atoms with Gasteiger partial charge in [0.1, 0.15) is 12.4 Å². The molecule has 0 saturated heterocycles. The maximum atomic E-state index is 14.1. The summed E-state index contributed by atoms with van der Waals surface area (Å²) in [6, 6.07) is 9.86. The number of benzene rings is 2. The van der Waals surface area contributed by atoms with E-state index in [0.717, 1.165) is 10.5 Å². The van der Waals surface area contributed by atoms with Crippen molar-refractivity contribution in [2.45, 2.75) is 12.7 Å². The molecule has 1 aromatic heterocycles. The molecule has 0 aliphatic carbocycles. The predicted octanol–water partition coefficient (Wildman–Crippen LogP) is 4.51. The molecule has 30 heavy (non-hydrogen) atoms. The molecule has 4 rings (SSSR count). The van der Waals surface area contributed by atoms with Crippen molar-refractivity contribution in [3.8, 4) is 5.75 Å². The number of anilines is 2. The first-order valence-corrected chi connectivity index (χ1v) is 9.18. The molecule has 0 radical (unpaired) electrons. The van der Waals surface area contributed by atoms with Crippen molar-refractivity contribution in [2.75, 3.05) is 16.8 Å². The number of nitrogens with zero attached hydrogens (tertiary/aromatic N) is 3. The maximum Gasteiger partial charge on any atom is 0.416 e. The van der Waals surface area contributed by atoms with Gasteiger partial charge in [0, 0.05) is 30.0 Å². The average Bonchev–Trinajstić information content (AvgIpc) is 2.71. The summed E-state index contributed by atoms with van der Waals surface area (Å²) in [7, 11) is 0. The Labute approximate surface area is 174 Å². The van der Waals surface area contributed by atoms with E-state index >= 15 is 0 Å². The van der Waals surface area contributed by atoms with E-state index in [1.807, 2.05) is 0 Å². The Hall–Kier alpha value is -3.33. The molecule has 1 aliphatic rings. The molecule has 1 N–H and O–H groups in total. The largest absolute Gasteiger partial charge is 0.429 e. The van der Waals surface area contributed by atoms with Crippen LogP contribution >= 0.6 is 11.6 Å². The zero-order chi connectivity index (χ0) is 21.3. The van der Waals surface area contributed by atoms with Gasteiger partial charge in [-0.05, 0) is 29.8 Å². The highest BCUT2D eigenvalue weighted by Crippen LogP contribution is 2.40. The van der Waals surface area contributed by atoms with E-state index in [2.05, 4.69) is 20.0 Å². The van der Waals surface area contributed by atoms with Gasteiger partial charge in [-0.2, -0.15) is 8.78 Å². The number of carbonyl (C=O) groups excluding carboxylic acids is 1. The monoisotopic (exact) mass is 434 g/mol. The first-order chi connectivity index (χ1) is 14.3. The number of hydrogen-bond donors (Lipinski definition) is 1. The molecule has 0 atom stereocenters. The van der Waals surface area contributed by atoms with E-state index in [4.69, 9.17) is 11.6 Å². The molecule has 0 saturated carbocycles. The second kappa shape index (κ2) is 7.83. The van der Waals surface area contributed by atoms with Crippen LogP contribution in [0.1, 0.15) is 16.1 Å². The fraction of sp³-hybridized carbons (Fsp3) is 0.150.